The number of piperidine rings is 1. The van der Waals surface area contributed by atoms with Crippen molar-refractivity contribution in [2.24, 2.45) is 5.92 Å². The Morgan fingerprint density at radius 3 is 2.50 bits per heavy atom. The maximum absolute atomic E-state index is 3.48. The standard InChI is InChI=1S/C18H28N2/c1-14(2)19-10-9-15-3-5-16(6-4-15)12-20-13-17-7-8-18(20)11-17/h3-6,14,17-19H,7-13H2,1-2H3. The van der Waals surface area contributed by atoms with Crippen molar-refractivity contribution in [1.29, 1.82) is 0 Å². The van der Waals surface area contributed by atoms with Crippen molar-refractivity contribution in [2.45, 2.75) is 58.2 Å². The maximum atomic E-state index is 3.48. The number of rotatable bonds is 6. The van der Waals surface area contributed by atoms with Crippen LogP contribution >= 0.6 is 0 Å². The van der Waals surface area contributed by atoms with E-state index in [0.717, 1.165) is 31.5 Å². The molecule has 1 heterocycles. The van der Waals surface area contributed by atoms with Gasteiger partial charge < -0.3 is 5.32 Å². The summed E-state index contributed by atoms with van der Waals surface area (Å²) in [7, 11) is 0. The molecule has 2 heteroatoms. The monoisotopic (exact) mass is 272 g/mol. The average molecular weight is 272 g/mol. The molecule has 2 bridgehead atoms. The molecule has 0 spiro atoms. The number of nitrogens with zero attached hydrogens (tertiary/aromatic N) is 1. The number of hydrogen-bond donors (Lipinski definition) is 1. The molecule has 0 amide bonds. The molecule has 1 aromatic rings. The van der Waals surface area contributed by atoms with Crippen LogP contribution < -0.4 is 5.32 Å². The Morgan fingerprint density at radius 2 is 1.90 bits per heavy atom. The molecule has 110 valence electrons. The molecule has 0 radical (unpaired) electrons. The Morgan fingerprint density at radius 1 is 1.15 bits per heavy atom. The highest BCUT2D eigenvalue weighted by atomic mass is 15.2. The van der Waals surface area contributed by atoms with Crippen LogP contribution in [0.25, 0.3) is 0 Å². The van der Waals surface area contributed by atoms with Gasteiger partial charge in [0, 0.05) is 25.2 Å². The van der Waals surface area contributed by atoms with E-state index in [1.165, 1.54) is 36.9 Å². The first-order chi connectivity index (χ1) is 9.70. The molecule has 1 aliphatic heterocycles. The summed E-state index contributed by atoms with van der Waals surface area (Å²) >= 11 is 0. The van der Waals surface area contributed by atoms with E-state index in [9.17, 15) is 0 Å². The Balaban J connectivity index is 1.49. The Hall–Kier alpha value is -0.860. The Kier molecular flexibility index (Phi) is 4.42. The van der Waals surface area contributed by atoms with Crippen LogP contribution in [-0.4, -0.2) is 30.1 Å². The van der Waals surface area contributed by atoms with E-state index in [1.807, 2.05) is 0 Å². The summed E-state index contributed by atoms with van der Waals surface area (Å²) in [5, 5.41) is 3.48. The zero-order chi connectivity index (χ0) is 13.9. The van der Waals surface area contributed by atoms with Crippen LogP contribution in [0.5, 0.6) is 0 Å². The van der Waals surface area contributed by atoms with Gasteiger partial charge in [-0.25, -0.2) is 0 Å². The predicted octanol–water partition coefficient (Wildman–Crippen LogP) is 3.21. The molecule has 20 heavy (non-hydrogen) atoms. The summed E-state index contributed by atoms with van der Waals surface area (Å²) in [4.78, 5) is 2.70. The molecule has 1 N–H and O–H groups in total. The Bertz CT molecular complexity index is 424. The van der Waals surface area contributed by atoms with Crippen LogP contribution in [0.1, 0.15) is 44.2 Å². The van der Waals surface area contributed by atoms with Gasteiger partial charge in [-0.1, -0.05) is 38.1 Å². The molecule has 1 saturated heterocycles. The summed E-state index contributed by atoms with van der Waals surface area (Å²) in [5.74, 6) is 1.00. The van der Waals surface area contributed by atoms with E-state index in [-0.39, 0.29) is 0 Å². The minimum Gasteiger partial charge on any atom is -0.314 e. The predicted molar refractivity (Wildman–Crippen MR) is 84.8 cm³/mol. The van der Waals surface area contributed by atoms with Crippen LogP contribution in [0.15, 0.2) is 24.3 Å². The summed E-state index contributed by atoms with van der Waals surface area (Å²) in [5.41, 5.74) is 2.93. The molecule has 2 fully saturated rings. The van der Waals surface area contributed by atoms with Crippen molar-refractivity contribution in [3.63, 3.8) is 0 Å². The number of benzene rings is 1. The van der Waals surface area contributed by atoms with Gasteiger partial charge in [0.2, 0.25) is 0 Å². The second-order valence-electron chi connectivity index (χ2n) is 6.94. The minimum absolute atomic E-state index is 0.583. The van der Waals surface area contributed by atoms with Gasteiger partial charge >= 0.3 is 0 Å². The Labute approximate surface area is 123 Å². The van der Waals surface area contributed by atoms with Gasteiger partial charge in [-0.3, -0.25) is 4.90 Å². The zero-order valence-corrected chi connectivity index (χ0v) is 12.9. The number of likely N-dealkylation sites (tertiary alicyclic amines) is 1. The van der Waals surface area contributed by atoms with Gasteiger partial charge in [-0.2, -0.15) is 0 Å². The van der Waals surface area contributed by atoms with Crippen molar-refractivity contribution in [2.75, 3.05) is 13.1 Å². The summed E-state index contributed by atoms with van der Waals surface area (Å²) in [6, 6.07) is 10.7. The van der Waals surface area contributed by atoms with Gasteiger partial charge in [-0.15, -0.1) is 0 Å². The molecular weight excluding hydrogens is 244 g/mol. The van der Waals surface area contributed by atoms with Gasteiger partial charge in [0.05, 0.1) is 0 Å². The van der Waals surface area contributed by atoms with E-state index < -0.39 is 0 Å². The lowest BCUT2D eigenvalue weighted by molar-refractivity contribution is 0.205. The van der Waals surface area contributed by atoms with Crippen LogP contribution in [0.3, 0.4) is 0 Å². The lowest BCUT2D eigenvalue weighted by Crippen LogP contribution is -2.31. The molecule has 1 saturated carbocycles. The second-order valence-corrected chi connectivity index (χ2v) is 6.94. The molecule has 2 unspecified atom stereocenters. The third-order valence-corrected chi connectivity index (χ3v) is 4.90. The molecule has 0 aromatic heterocycles. The summed E-state index contributed by atoms with van der Waals surface area (Å²) in [6.45, 7) is 7.98. The molecule has 2 nitrogen and oxygen atoms in total. The second kappa shape index (κ2) is 6.28. The largest absolute Gasteiger partial charge is 0.314 e. The lowest BCUT2D eigenvalue weighted by Gasteiger charge is -2.26. The van der Waals surface area contributed by atoms with Crippen LogP contribution in [0, 0.1) is 5.92 Å². The molecule has 2 aliphatic rings. The number of nitrogens with one attached hydrogen (secondary N) is 1. The van der Waals surface area contributed by atoms with Gasteiger partial charge in [-0.05, 0) is 49.3 Å². The van der Waals surface area contributed by atoms with Crippen molar-refractivity contribution in [3.8, 4) is 0 Å². The van der Waals surface area contributed by atoms with E-state index in [0.29, 0.717) is 6.04 Å². The van der Waals surface area contributed by atoms with Crippen molar-refractivity contribution in [3.05, 3.63) is 35.4 Å². The van der Waals surface area contributed by atoms with E-state index in [4.69, 9.17) is 0 Å². The minimum atomic E-state index is 0.583. The molecule has 1 aliphatic carbocycles. The van der Waals surface area contributed by atoms with Crippen LogP contribution in [-0.2, 0) is 13.0 Å². The van der Waals surface area contributed by atoms with Crippen LogP contribution in [0.4, 0.5) is 0 Å². The molecular formula is C18H28N2. The van der Waals surface area contributed by atoms with E-state index in [2.05, 4.69) is 48.3 Å². The first kappa shape index (κ1) is 14.1. The average Bonchev–Trinajstić information content (AvgIpc) is 3.03. The highest BCUT2D eigenvalue weighted by Gasteiger charge is 2.37. The molecule has 3 rings (SSSR count). The first-order valence-corrected chi connectivity index (χ1v) is 8.26. The lowest BCUT2D eigenvalue weighted by atomic mass is 10.1. The van der Waals surface area contributed by atoms with Crippen molar-refractivity contribution < 1.29 is 0 Å². The topological polar surface area (TPSA) is 15.3 Å². The highest BCUT2D eigenvalue weighted by Crippen LogP contribution is 2.38. The SMILES string of the molecule is CC(C)NCCc1ccc(CN2CC3CCC2C3)cc1. The normalized spacial score (nSPS) is 25.8. The van der Waals surface area contributed by atoms with Crippen LogP contribution in [0.2, 0.25) is 0 Å². The summed E-state index contributed by atoms with van der Waals surface area (Å²) < 4.78 is 0. The zero-order valence-electron chi connectivity index (χ0n) is 12.9. The fraction of sp³-hybridized carbons (Fsp3) is 0.667. The summed E-state index contributed by atoms with van der Waals surface area (Å²) in [6.07, 6.45) is 5.50. The van der Waals surface area contributed by atoms with Gasteiger partial charge in [0.15, 0.2) is 0 Å². The molecule has 2 atom stereocenters. The first-order valence-electron chi connectivity index (χ1n) is 8.26. The van der Waals surface area contributed by atoms with Crippen molar-refractivity contribution in [1.82, 2.24) is 10.2 Å². The number of hydrogen-bond acceptors (Lipinski definition) is 2. The van der Waals surface area contributed by atoms with Gasteiger partial charge in [0.25, 0.3) is 0 Å². The maximum Gasteiger partial charge on any atom is 0.0236 e. The third kappa shape index (κ3) is 3.42. The van der Waals surface area contributed by atoms with Gasteiger partial charge in [0.1, 0.15) is 0 Å². The fourth-order valence-electron chi connectivity index (χ4n) is 3.77. The van der Waals surface area contributed by atoms with E-state index >= 15 is 0 Å². The number of fused-ring (bicyclic) bond motifs is 2. The fourth-order valence-corrected chi connectivity index (χ4v) is 3.77. The van der Waals surface area contributed by atoms with Crippen molar-refractivity contribution >= 4 is 0 Å². The third-order valence-electron chi connectivity index (χ3n) is 4.90. The van der Waals surface area contributed by atoms with E-state index in [1.54, 1.807) is 0 Å². The smallest absolute Gasteiger partial charge is 0.0236 e. The quantitative estimate of drug-likeness (QED) is 0.855. The molecule has 1 aromatic carbocycles. The highest BCUT2D eigenvalue weighted by molar-refractivity contribution is 5.23.